The molecule has 6 heteroatoms. The number of rotatable bonds is 1. The van der Waals surface area contributed by atoms with Crippen LogP contribution in [-0.2, 0) is 14.3 Å². The number of hydrogen-bond acceptors (Lipinski definition) is 6. The third-order valence-electron chi connectivity index (χ3n) is 6.42. The zero-order valence-electron chi connectivity index (χ0n) is 12.1. The first-order chi connectivity index (χ1) is 9.84. The van der Waals surface area contributed by atoms with E-state index < -0.39 is 40.8 Å². The van der Waals surface area contributed by atoms with Gasteiger partial charge in [0.15, 0.2) is 5.78 Å². The number of ether oxygens (including phenoxy) is 2. The van der Waals surface area contributed by atoms with E-state index in [0.717, 1.165) is 5.57 Å². The Labute approximate surface area is 122 Å². The number of carbonyl (C=O) groups excluding carboxylic acids is 1. The summed E-state index contributed by atoms with van der Waals surface area (Å²) in [5.74, 6) is -0.346. The molecule has 2 unspecified atom stereocenters. The first-order valence-electron chi connectivity index (χ1n) is 7.33. The van der Waals surface area contributed by atoms with Crippen molar-refractivity contribution in [1.82, 2.24) is 0 Å². The van der Waals surface area contributed by atoms with E-state index in [2.05, 4.69) is 0 Å². The van der Waals surface area contributed by atoms with E-state index in [1.54, 1.807) is 19.9 Å². The predicted molar refractivity (Wildman–Crippen MR) is 70.4 cm³/mol. The third-order valence-corrected chi connectivity index (χ3v) is 6.42. The molecule has 3 N–H and O–H groups in total. The van der Waals surface area contributed by atoms with Gasteiger partial charge in [0.05, 0.1) is 30.8 Å². The summed E-state index contributed by atoms with van der Waals surface area (Å²) in [5, 5.41) is 30.6. The number of epoxide rings is 1. The summed E-state index contributed by atoms with van der Waals surface area (Å²) in [5.41, 5.74) is -2.11. The first kappa shape index (κ1) is 13.8. The molecule has 1 spiro atoms. The molecule has 0 aromatic heterocycles. The smallest absolute Gasteiger partial charge is 0.173 e. The number of ketones is 1. The number of hydrogen-bond donors (Lipinski definition) is 3. The fourth-order valence-corrected chi connectivity index (χ4v) is 4.82. The van der Waals surface area contributed by atoms with Crippen LogP contribution >= 0.6 is 0 Å². The predicted octanol–water partition coefficient (Wildman–Crippen LogP) is -0.838. The van der Waals surface area contributed by atoms with Crippen molar-refractivity contribution < 1.29 is 29.6 Å². The second-order valence-corrected chi connectivity index (χ2v) is 7.03. The molecule has 1 saturated carbocycles. The molecule has 7 atom stereocenters. The lowest BCUT2D eigenvalue weighted by molar-refractivity contribution is -0.222. The van der Waals surface area contributed by atoms with Gasteiger partial charge in [-0.25, -0.2) is 0 Å². The molecule has 2 heterocycles. The molecule has 0 aromatic carbocycles. The Morgan fingerprint density at radius 3 is 2.67 bits per heavy atom. The molecule has 2 bridgehead atoms. The molecule has 116 valence electrons. The van der Waals surface area contributed by atoms with Gasteiger partial charge in [0.25, 0.3) is 0 Å². The van der Waals surface area contributed by atoms with Gasteiger partial charge >= 0.3 is 0 Å². The number of aliphatic hydroxyl groups is 3. The van der Waals surface area contributed by atoms with Gasteiger partial charge in [-0.3, -0.25) is 4.79 Å². The molecule has 6 nitrogen and oxygen atoms in total. The van der Waals surface area contributed by atoms with Gasteiger partial charge in [-0.05, 0) is 25.8 Å². The molecule has 0 amide bonds. The van der Waals surface area contributed by atoms with Crippen LogP contribution in [0.15, 0.2) is 11.6 Å². The van der Waals surface area contributed by atoms with Crippen molar-refractivity contribution in [2.24, 2.45) is 10.8 Å². The zero-order chi connectivity index (χ0) is 15.2. The number of carbonyl (C=O) groups is 1. The summed E-state index contributed by atoms with van der Waals surface area (Å²) in [6, 6.07) is 0. The summed E-state index contributed by atoms with van der Waals surface area (Å²) in [6.45, 7) is 3.59. The van der Waals surface area contributed by atoms with E-state index in [-0.39, 0.29) is 18.8 Å². The van der Waals surface area contributed by atoms with Gasteiger partial charge in [-0.2, -0.15) is 0 Å². The molecule has 3 fully saturated rings. The van der Waals surface area contributed by atoms with E-state index in [4.69, 9.17) is 9.47 Å². The average Bonchev–Trinajstić information content (AvgIpc) is 3.24. The van der Waals surface area contributed by atoms with Crippen LogP contribution in [-0.4, -0.2) is 64.3 Å². The molecule has 4 rings (SSSR count). The molecular formula is C15H20O6. The highest BCUT2D eigenvalue weighted by atomic mass is 16.6. The lowest BCUT2D eigenvalue weighted by atomic mass is 9.51. The molecule has 2 aliphatic heterocycles. The Bertz CT molecular complexity index is 552. The molecule has 21 heavy (non-hydrogen) atoms. The van der Waals surface area contributed by atoms with Crippen molar-refractivity contribution >= 4 is 5.78 Å². The van der Waals surface area contributed by atoms with Crippen molar-refractivity contribution in [3.8, 4) is 0 Å². The van der Waals surface area contributed by atoms with Crippen LogP contribution in [0.3, 0.4) is 0 Å². The maximum Gasteiger partial charge on any atom is 0.173 e. The number of aliphatic hydroxyl groups excluding tert-OH is 3. The van der Waals surface area contributed by atoms with Gasteiger partial charge in [0, 0.05) is 5.41 Å². The van der Waals surface area contributed by atoms with Crippen LogP contribution in [0.4, 0.5) is 0 Å². The van der Waals surface area contributed by atoms with E-state index in [1.807, 2.05) is 0 Å². The number of fused-ring (bicyclic) bond motifs is 2. The Morgan fingerprint density at radius 2 is 2.10 bits per heavy atom. The number of Topliss-reactive ketones (excluding diaryl/α,β-unsaturated/α-hetero) is 1. The van der Waals surface area contributed by atoms with Crippen molar-refractivity contribution in [1.29, 1.82) is 0 Å². The first-order valence-corrected chi connectivity index (χ1v) is 7.33. The van der Waals surface area contributed by atoms with Gasteiger partial charge in [-0.15, -0.1) is 0 Å². The van der Waals surface area contributed by atoms with Crippen LogP contribution in [0.5, 0.6) is 0 Å². The Morgan fingerprint density at radius 1 is 1.43 bits per heavy atom. The van der Waals surface area contributed by atoms with Gasteiger partial charge in [-0.1, -0.05) is 6.08 Å². The highest BCUT2D eigenvalue weighted by molar-refractivity contribution is 5.96. The standard InChI is InChI=1S/C15H20O6/c1-7-3-9-14(5-16,4-8(7)17)13(2)11(19)10(18)12(21-9)15(13)6-20-15/h3,8-10,12,16-18H,4-6H2,1-2H3/t8?,9-,10?,12-,13-,14-,15+/m1/s1. The van der Waals surface area contributed by atoms with E-state index in [1.165, 1.54) is 0 Å². The molecule has 4 aliphatic rings. The van der Waals surface area contributed by atoms with Gasteiger partial charge in [0.1, 0.15) is 17.8 Å². The molecular weight excluding hydrogens is 276 g/mol. The monoisotopic (exact) mass is 296 g/mol. The van der Waals surface area contributed by atoms with Crippen LogP contribution in [0, 0.1) is 10.8 Å². The summed E-state index contributed by atoms with van der Waals surface area (Å²) < 4.78 is 11.6. The minimum atomic E-state index is -1.24. The van der Waals surface area contributed by atoms with Crippen molar-refractivity contribution in [2.75, 3.05) is 13.2 Å². The lowest BCUT2D eigenvalue weighted by Gasteiger charge is -2.56. The fourth-order valence-electron chi connectivity index (χ4n) is 4.82. The Kier molecular flexibility index (Phi) is 2.47. The van der Waals surface area contributed by atoms with Gasteiger partial charge < -0.3 is 24.8 Å². The molecule has 2 aliphatic carbocycles. The second-order valence-electron chi connectivity index (χ2n) is 7.03. The second kappa shape index (κ2) is 3.75. The SMILES string of the molecule is CC1=C[C@H]2O[C@@H]3C(O)C(=O)[C@](C)([C@@]2(CO)CC1O)[C@]31CO1. The maximum absolute atomic E-state index is 12.7. The van der Waals surface area contributed by atoms with Crippen molar-refractivity contribution in [3.63, 3.8) is 0 Å². The van der Waals surface area contributed by atoms with E-state index in [9.17, 15) is 20.1 Å². The quantitative estimate of drug-likeness (QED) is 0.431. The molecule has 0 aromatic rings. The van der Waals surface area contributed by atoms with Crippen LogP contribution in [0.25, 0.3) is 0 Å². The highest BCUT2D eigenvalue weighted by Gasteiger charge is 2.85. The summed E-state index contributed by atoms with van der Waals surface area (Å²) in [4.78, 5) is 12.7. The van der Waals surface area contributed by atoms with E-state index in [0.29, 0.717) is 6.61 Å². The van der Waals surface area contributed by atoms with E-state index >= 15 is 0 Å². The fraction of sp³-hybridized carbons (Fsp3) is 0.800. The highest BCUT2D eigenvalue weighted by Crippen LogP contribution is 2.69. The van der Waals surface area contributed by atoms with Crippen LogP contribution < -0.4 is 0 Å². The van der Waals surface area contributed by atoms with Crippen LogP contribution in [0.1, 0.15) is 20.3 Å². The third kappa shape index (κ3) is 1.22. The minimum Gasteiger partial charge on any atom is -0.396 e. The summed E-state index contributed by atoms with van der Waals surface area (Å²) in [6.07, 6.45) is -1.17. The average molecular weight is 296 g/mol. The van der Waals surface area contributed by atoms with Gasteiger partial charge in [0.2, 0.25) is 0 Å². The summed E-state index contributed by atoms with van der Waals surface area (Å²) in [7, 11) is 0. The van der Waals surface area contributed by atoms with Crippen LogP contribution in [0.2, 0.25) is 0 Å². The largest absolute Gasteiger partial charge is 0.396 e. The maximum atomic E-state index is 12.7. The summed E-state index contributed by atoms with van der Waals surface area (Å²) >= 11 is 0. The topological polar surface area (TPSA) is 99.5 Å². The Hall–Kier alpha value is -0.790. The minimum absolute atomic E-state index is 0.225. The van der Waals surface area contributed by atoms with Crippen molar-refractivity contribution in [2.45, 2.75) is 50.3 Å². The Balaban J connectivity index is 1.94. The normalized spacial score (nSPS) is 58.1. The molecule has 0 radical (unpaired) electrons. The lowest BCUT2D eigenvalue weighted by Crippen LogP contribution is -2.66. The molecule has 2 saturated heterocycles. The van der Waals surface area contributed by atoms with Crippen molar-refractivity contribution in [3.05, 3.63) is 11.6 Å². The zero-order valence-corrected chi connectivity index (χ0v) is 12.1.